The van der Waals surface area contributed by atoms with Gasteiger partial charge in [0.2, 0.25) is 0 Å². The lowest BCUT2D eigenvalue weighted by atomic mass is 9.97. The minimum atomic E-state index is -4.09. The third kappa shape index (κ3) is 4.15. The molecular formula is C21H20Cl2N4O3S. The van der Waals surface area contributed by atoms with Crippen molar-refractivity contribution in [3.05, 3.63) is 63.4 Å². The van der Waals surface area contributed by atoms with Crippen molar-refractivity contribution in [2.45, 2.75) is 31.1 Å². The van der Waals surface area contributed by atoms with Crippen molar-refractivity contribution in [2.75, 3.05) is 5.32 Å². The van der Waals surface area contributed by atoms with E-state index in [0.29, 0.717) is 32.6 Å². The van der Waals surface area contributed by atoms with Crippen molar-refractivity contribution in [1.82, 2.24) is 14.5 Å². The van der Waals surface area contributed by atoms with Gasteiger partial charge in [0.25, 0.3) is 10.0 Å². The van der Waals surface area contributed by atoms with Crippen molar-refractivity contribution in [1.29, 1.82) is 0 Å². The van der Waals surface area contributed by atoms with E-state index in [2.05, 4.69) is 15.1 Å². The van der Waals surface area contributed by atoms with E-state index in [9.17, 15) is 13.2 Å². The van der Waals surface area contributed by atoms with Crippen LogP contribution in [0.15, 0.2) is 41.4 Å². The van der Waals surface area contributed by atoms with Gasteiger partial charge in [0.1, 0.15) is 4.90 Å². The third-order valence-corrected chi connectivity index (χ3v) is 7.50. The van der Waals surface area contributed by atoms with Gasteiger partial charge < -0.3 is 5.32 Å². The number of nitrogens with zero attached hydrogens (tertiary/aromatic N) is 2. The van der Waals surface area contributed by atoms with Gasteiger partial charge in [-0.3, -0.25) is 4.68 Å². The Morgan fingerprint density at radius 1 is 1.13 bits per heavy atom. The van der Waals surface area contributed by atoms with Gasteiger partial charge in [-0.1, -0.05) is 47.5 Å². The fourth-order valence-electron chi connectivity index (χ4n) is 3.90. The predicted octanol–water partition coefficient (Wildman–Crippen LogP) is 4.70. The molecule has 0 saturated carbocycles. The van der Waals surface area contributed by atoms with Crippen LogP contribution in [0.4, 0.5) is 10.5 Å². The maximum Gasteiger partial charge on any atom is 0.333 e. The summed E-state index contributed by atoms with van der Waals surface area (Å²) in [7, 11) is -2.48. The third-order valence-electron chi connectivity index (χ3n) is 5.25. The van der Waals surface area contributed by atoms with E-state index in [1.54, 1.807) is 26.1 Å². The van der Waals surface area contributed by atoms with Crippen molar-refractivity contribution in [3.8, 4) is 11.1 Å². The Morgan fingerprint density at radius 3 is 2.61 bits per heavy atom. The number of benzene rings is 2. The average molecular weight is 479 g/mol. The summed E-state index contributed by atoms with van der Waals surface area (Å²) in [5.74, 6) is 0. The molecule has 2 N–H and O–H groups in total. The highest BCUT2D eigenvalue weighted by molar-refractivity contribution is 7.90. The van der Waals surface area contributed by atoms with Crippen LogP contribution in [0.25, 0.3) is 11.1 Å². The molecule has 2 amide bonds. The summed E-state index contributed by atoms with van der Waals surface area (Å²) in [4.78, 5) is 12.7. The fourth-order valence-corrected chi connectivity index (χ4v) is 5.43. The molecule has 0 saturated heterocycles. The number of fused-ring (bicyclic) bond motifs is 1. The van der Waals surface area contributed by atoms with E-state index < -0.39 is 16.1 Å². The zero-order chi connectivity index (χ0) is 22.3. The van der Waals surface area contributed by atoms with Crippen LogP contribution in [-0.2, 0) is 29.9 Å². The Kier molecular flexibility index (Phi) is 5.72. The Balaban J connectivity index is 1.71. The van der Waals surface area contributed by atoms with Gasteiger partial charge in [-0.25, -0.2) is 17.9 Å². The van der Waals surface area contributed by atoms with Crippen LogP contribution in [0.3, 0.4) is 0 Å². The number of carbonyl (C=O) groups excluding carboxylic acids is 1. The molecule has 31 heavy (non-hydrogen) atoms. The number of anilines is 1. The SMILES string of the molecule is Cc1nn(C)cc1S(=O)(=O)NC(=O)Nc1c(-c2cccc(Cl)c2Cl)ccc2c1CCC2. The Labute approximate surface area is 190 Å². The second-order valence-corrected chi connectivity index (χ2v) is 9.83. The molecule has 1 aromatic heterocycles. The lowest BCUT2D eigenvalue weighted by Crippen LogP contribution is -2.35. The number of aryl methyl sites for hydroxylation is 3. The molecule has 0 bridgehead atoms. The first-order valence-corrected chi connectivity index (χ1v) is 11.8. The minimum absolute atomic E-state index is 0.0541. The molecule has 7 nitrogen and oxygen atoms in total. The molecular weight excluding hydrogens is 459 g/mol. The predicted molar refractivity (Wildman–Crippen MR) is 121 cm³/mol. The lowest BCUT2D eigenvalue weighted by Gasteiger charge is -2.17. The number of amides is 2. The monoisotopic (exact) mass is 478 g/mol. The number of rotatable bonds is 4. The Morgan fingerprint density at radius 2 is 1.90 bits per heavy atom. The largest absolute Gasteiger partial charge is 0.333 e. The number of urea groups is 1. The van der Waals surface area contributed by atoms with Crippen molar-refractivity contribution in [3.63, 3.8) is 0 Å². The minimum Gasteiger partial charge on any atom is -0.306 e. The summed E-state index contributed by atoms with van der Waals surface area (Å²) in [6, 6.07) is 8.29. The topological polar surface area (TPSA) is 93.1 Å². The summed E-state index contributed by atoms with van der Waals surface area (Å²) in [6.07, 6.45) is 3.96. The zero-order valence-corrected chi connectivity index (χ0v) is 19.2. The summed E-state index contributed by atoms with van der Waals surface area (Å²) in [5, 5.41) is 7.53. The number of nitrogens with one attached hydrogen (secondary N) is 2. The number of carbonyl (C=O) groups is 1. The van der Waals surface area contributed by atoms with Crippen LogP contribution in [0.5, 0.6) is 0 Å². The van der Waals surface area contributed by atoms with Gasteiger partial charge in [0.05, 0.1) is 21.4 Å². The molecule has 0 atom stereocenters. The summed E-state index contributed by atoms with van der Waals surface area (Å²) in [6.45, 7) is 1.57. The molecule has 0 aliphatic heterocycles. The standard InChI is InChI=1S/C21H20Cl2N4O3S/c1-12-18(11-27(2)25-12)31(29,30)26-21(28)24-20-14-6-3-5-13(14)9-10-16(20)15-7-4-8-17(22)19(15)23/h4,7-11H,3,5-6H2,1-2H3,(H2,24,26,28). The zero-order valence-electron chi connectivity index (χ0n) is 16.9. The molecule has 1 aliphatic rings. The second-order valence-electron chi connectivity index (χ2n) is 7.39. The number of halogens is 2. The molecule has 0 fully saturated rings. The average Bonchev–Trinajstić information content (AvgIpc) is 3.30. The first kappa shape index (κ1) is 21.7. The van der Waals surface area contributed by atoms with Crippen LogP contribution in [-0.4, -0.2) is 24.2 Å². The van der Waals surface area contributed by atoms with E-state index in [4.69, 9.17) is 23.2 Å². The van der Waals surface area contributed by atoms with E-state index in [0.717, 1.165) is 30.4 Å². The quantitative estimate of drug-likeness (QED) is 0.567. The molecule has 1 aliphatic carbocycles. The lowest BCUT2D eigenvalue weighted by molar-refractivity contribution is 0.256. The number of sulfonamides is 1. The molecule has 4 rings (SSSR count). The summed E-state index contributed by atoms with van der Waals surface area (Å²) >= 11 is 12.6. The smallest absolute Gasteiger partial charge is 0.306 e. The van der Waals surface area contributed by atoms with Gasteiger partial charge in [0, 0.05) is 24.4 Å². The van der Waals surface area contributed by atoms with E-state index in [-0.39, 0.29) is 4.90 Å². The molecule has 0 unspecified atom stereocenters. The second kappa shape index (κ2) is 8.18. The van der Waals surface area contributed by atoms with E-state index in [1.807, 2.05) is 18.2 Å². The van der Waals surface area contributed by atoms with Crippen molar-refractivity contribution >= 4 is 44.9 Å². The number of hydrogen-bond acceptors (Lipinski definition) is 4. The molecule has 10 heteroatoms. The summed E-state index contributed by atoms with van der Waals surface area (Å²) < 4.78 is 28.8. The van der Waals surface area contributed by atoms with Gasteiger partial charge in [-0.05, 0) is 43.4 Å². The van der Waals surface area contributed by atoms with Crippen LogP contribution >= 0.6 is 23.2 Å². The summed E-state index contributed by atoms with van der Waals surface area (Å²) in [5.41, 5.74) is 4.26. The van der Waals surface area contributed by atoms with Crippen LogP contribution < -0.4 is 10.0 Å². The molecule has 3 aromatic rings. The molecule has 162 valence electrons. The Hall–Kier alpha value is -2.55. The highest BCUT2D eigenvalue weighted by Crippen LogP contribution is 2.41. The van der Waals surface area contributed by atoms with E-state index in [1.165, 1.54) is 10.9 Å². The van der Waals surface area contributed by atoms with Crippen LogP contribution in [0.1, 0.15) is 23.2 Å². The van der Waals surface area contributed by atoms with Gasteiger partial charge in [0.15, 0.2) is 0 Å². The normalized spacial score (nSPS) is 13.2. The molecule has 0 spiro atoms. The molecule has 0 radical (unpaired) electrons. The molecule has 1 heterocycles. The maximum absolute atomic E-state index is 12.8. The van der Waals surface area contributed by atoms with E-state index >= 15 is 0 Å². The van der Waals surface area contributed by atoms with Gasteiger partial charge in [-0.2, -0.15) is 5.10 Å². The van der Waals surface area contributed by atoms with Gasteiger partial charge in [-0.15, -0.1) is 0 Å². The molecule has 2 aromatic carbocycles. The Bertz CT molecular complexity index is 1300. The number of aromatic nitrogens is 2. The van der Waals surface area contributed by atoms with Crippen molar-refractivity contribution < 1.29 is 13.2 Å². The number of hydrogen-bond donors (Lipinski definition) is 2. The van der Waals surface area contributed by atoms with Crippen molar-refractivity contribution in [2.24, 2.45) is 7.05 Å². The highest BCUT2D eigenvalue weighted by Gasteiger charge is 2.25. The van der Waals surface area contributed by atoms with Crippen LogP contribution in [0, 0.1) is 6.92 Å². The maximum atomic E-state index is 12.8. The first-order valence-electron chi connectivity index (χ1n) is 9.60. The fraction of sp³-hybridized carbons (Fsp3) is 0.238. The highest BCUT2D eigenvalue weighted by atomic mass is 35.5. The van der Waals surface area contributed by atoms with Crippen LogP contribution in [0.2, 0.25) is 10.0 Å². The first-order chi connectivity index (χ1) is 14.7. The van der Waals surface area contributed by atoms with Gasteiger partial charge >= 0.3 is 6.03 Å².